The third-order valence-electron chi connectivity index (χ3n) is 6.83. The highest BCUT2D eigenvalue weighted by Gasteiger charge is 2.66. The van der Waals surface area contributed by atoms with Crippen molar-refractivity contribution in [3.63, 3.8) is 0 Å². The number of amides is 2. The zero-order chi connectivity index (χ0) is 24.4. The van der Waals surface area contributed by atoms with Crippen LogP contribution >= 0.6 is 11.3 Å². The highest BCUT2D eigenvalue weighted by atomic mass is 32.1. The summed E-state index contributed by atoms with van der Waals surface area (Å²) in [7, 11) is 0. The van der Waals surface area contributed by atoms with Gasteiger partial charge >= 0.3 is 0 Å². The molecular formula is C28H17N3O4S. The Morgan fingerprint density at radius 1 is 0.889 bits per heavy atom. The van der Waals surface area contributed by atoms with E-state index in [9.17, 15) is 14.4 Å². The summed E-state index contributed by atoms with van der Waals surface area (Å²) >= 11 is 1.23. The molecule has 0 bridgehead atoms. The van der Waals surface area contributed by atoms with E-state index in [0.29, 0.717) is 27.4 Å². The first-order chi connectivity index (χ1) is 17.6. The summed E-state index contributed by atoms with van der Waals surface area (Å²) in [5, 5.41) is 2.37. The number of fused-ring (bicyclic) bond motifs is 5. The van der Waals surface area contributed by atoms with Gasteiger partial charge in [0.25, 0.3) is 11.8 Å². The summed E-state index contributed by atoms with van der Waals surface area (Å²) < 4.78 is 6.04. The molecule has 3 aromatic carbocycles. The van der Waals surface area contributed by atoms with Gasteiger partial charge in [-0.3, -0.25) is 19.3 Å². The highest BCUT2D eigenvalue weighted by Crippen LogP contribution is 2.54. The second-order valence-corrected chi connectivity index (χ2v) is 9.56. The van der Waals surface area contributed by atoms with E-state index in [0.717, 1.165) is 5.56 Å². The molecule has 1 spiro atoms. The largest absolute Gasteiger partial charge is 0.450 e. The first kappa shape index (κ1) is 20.8. The predicted molar refractivity (Wildman–Crippen MR) is 136 cm³/mol. The second kappa shape index (κ2) is 7.47. The number of benzene rings is 3. The van der Waals surface area contributed by atoms with Gasteiger partial charge in [0.15, 0.2) is 16.1 Å². The Bertz CT molecular complexity index is 1750. The van der Waals surface area contributed by atoms with Crippen LogP contribution in [0.15, 0.2) is 99.7 Å². The monoisotopic (exact) mass is 491 g/mol. The van der Waals surface area contributed by atoms with E-state index in [2.05, 4.69) is 4.98 Å². The van der Waals surface area contributed by atoms with Crippen molar-refractivity contribution in [2.45, 2.75) is 12.1 Å². The quantitative estimate of drug-likeness (QED) is 0.365. The SMILES string of the molecule is O=C1c2oc3ccccc3c(=O)c2C2(C(=O)N(Cc3ccccc3)c3ccccc32)N1c1nccs1. The van der Waals surface area contributed by atoms with Gasteiger partial charge in [-0.15, -0.1) is 11.3 Å². The van der Waals surface area contributed by atoms with Crippen LogP contribution in [-0.4, -0.2) is 16.8 Å². The van der Waals surface area contributed by atoms with Crippen LogP contribution < -0.4 is 15.2 Å². The number of rotatable bonds is 3. The molecule has 5 aromatic rings. The fraction of sp³-hybridized carbons (Fsp3) is 0.0714. The van der Waals surface area contributed by atoms with Crippen LogP contribution in [0.4, 0.5) is 10.8 Å². The van der Waals surface area contributed by atoms with Crippen molar-refractivity contribution in [1.82, 2.24) is 4.98 Å². The molecule has 0 N–H and O–H groups in total. The Morgan fingerprint density at radius 3 is 2.44 bits per heavy atom. The van der Waals surface area contributed by atoms with Crippen LogP contribution in [-0.2, 0) is 16.9 Å². The number of carbonyl (C=O) groups is 2. The first-order valence-corrected chi connectivity index (χ1v) is 12.3. The molecule has 1 unspecified atom stereocenters. The number of hydrogen-bond donors (Lipinski definition) is 0. The van der Waals surface area contributed by atoms with Crippen LogP contribution in [0, 0.1) is 0 Å². The van der Waals surface area contributed by atoms with Gasteiger partial charge in [-0.1, -0.05) is 60.7 Å². The molecule has 4 heterocycles. The van der Waals surface area contributed by atoms with Gasteiger partial charge in [0.1, 0.15) is 5.58 Å². The van der Waals surface area contributed by atoms with Gasteiger partial charge in [0.05, 0.1) is 23.2 Å². The van der Waals surface area contributed by atoms with Gasteiger partial charge in [0, 0.05) is 17.1 Å². The molecule has 7 rings (SSSR count). The van der Waals surface area contributed by atoms with Crippen LogP contribution in [0.25, 0.3) is 11.0 Å². The molecule has 7 nitrogen and oxygen atoms in total. The molecule has 2 aliphatic rings. The fourth-order valence-corrected chi connectivity index (χ4v) is 6.05. The van der Waals surface area contributed by atoms with E-state index in [1.54, 1.807) is 46.8 Å². The minimum Gasteiger partial charge on any atom is -0.450 e. The molecule has 0 saturated carbocycles. The van der Waals surface area contributed by atoms with Crippen molar-refractivity contribution >= 4 is 44.9 Å². The lowest BCUT2D eigenvalue weighted by molar-refractivity contribution is -0.121. The van der Waals surface area contributed by atoms with Crippen molar-refractivity contribution in [1.29, 1.82) is 0 Å². The van der Waals surface area contributed by atoms with E-state index in [1.807, 2.05) is 48.5 Å². The van der Waals surface area contributed by atoms with Gasteiger partial charge in [-0.2, -0.15) is 0 Å². The van der Waals surface area contributed by atoms with E-state index < -0.39 is 22.8 Å². The van der Waals surface area contributed by atoms with Crippen molar-refractivity contribution in [2.75, 3.05) is 9.80 Å². The summed E-state index contributed by atoms with van der Waals surface area (Å²) in [4.78, 5) is 50.0. The molecule has 2 aromatic heterocycles. The number of anilines is 2. The van der Waals surface area contributed by atoms with Crippen molar-refractivity contribution < 1.29 is 14.0 Å². The van der Waals surface area contributed by atoms with Crippen molar-refractivity contribution in [3.8, 4) is 0 Å². The predicted octanol–water partition coefficient (Wildman–Crippen LogP) is 4.70. The standard InChI is InChI=1S/C28H17N3O4S/c32-23-18-10-4-7-13-21(18)35-24-22(23)28(31(25(24)33)27-29-14-15-36-27)19-11-5-6-12-20(19)30(26(28)34)16-17-8-2-1-3-9-17/h1-15H,16H2. The normalized spacial score (nSPS) is 18.3. The van der Waals surface area contributed by atoms with E-state index in [1.165, 1.54) is 16.2 Å². The zero-order valence-electron chi connectivity index (χ0n) is 18.8. The summed E-state index contributed by atoms with van der Waals surface area (Å²) in [5.41, 5.74) is 0.329. The summed E-state index contributed by atoms with van der Waals surface area (Å²) in [6, 6.07) is 23.7. The number of carbonyl (C=O) groups excluding carboxylic acids is 2. The minimum atomic E-state index is -1.72. The Balaban J connectivity index is 1.58. The number of hydrogen-bond acceptors (Lipinski definition) is 6. The summed E-state index contributed by atoms with van der Waals surface area (Å²) in [6.07, 6.45) is 1.57. The number of aromatic nitrogens is 1. The van der Waals surface area contributed by atoms with E-state index in [4.69, 9.17) is 4.42 Å². The van der Waals surface area contributed by atoms with Gasteiger partial charge < -0.3 is 9.32 Å². The maximum atomic E-state index is 14.6. The molecule has 0 radical (unpaired) electrons. The molecule has 0 fully saturated rings. The van der Waals surface area contributed by atoms with Gasteiger partial charge in [-0.25, -0.2) is 4.98 Å². The Hall–Kier alpha value is -4.56. The summed E-state index contributed by atoms with van der Waals surface area (Å²) in [5.74, 6) is -1.08. The molecule has 36 heavy (non-hydrogen) atoms. The van der Waals surface area contributed by atoms with Crippen LogP contribution in [0.5, 0.6) is 0 Å². The smallest absolute Gasteiger partial charge is 0.297 e. The van der Waals surface area contributed by atoms with Gasteiger partial charge in [-0.05, 0) is 23.8 Å². The molecular weight excluding hydrogens is 474 g/mol. The van der Waals surface area contributed by atoms with Crippen LogP contribution in [0.1, 0.15) is 27.2 Å². The topological polar surface area (TPSA) is 83.7 Å². The van der Waals surface area contributed by atoms with E-state index in [-0.39, 0.29) is 17.9 Å². The third kappa shape index (κ3) is 2.56. The lowest BCUT2D eigenvalue weighted by atomic mass is 9.84. The first-order valence-electron chi connectivity index (χ1n) is 11.4. The Labute approximate surface area is 208 Å². The molecule has 1 atom stereocenters. The van der Waals surface area contributed by atoms with Crippen molar-refractivity contribution in [3.05, 3.63) is 123 Å². The molecule has 2 aliphatic heterocycles. The third-order valence-corrected chi connectivity index (χ3v) is 7.58. The van der Waals surface area contributed by atoms with Crippen LogP contribution in [0.3, 0.4) is 0 Å². The van der Waals surface area contributed by atoms with E-state index >= 15 is 0 Å². The maximum absolute atomic E-state index is 14.6. The number of thiazole rings is 1. The molecule has 2 amide bonds. The lowest BCUT2D eigenvalue weighted by Crippen LogP contribution is -2.53. The van der Waals surface area contributed by atoms with Crippen molar-refractivity contribution in [2.24, 2.45) is 0 Å². The average Bonchev–Trinajstić information content (AvgIpc) is 3.58. The second-order valence-electron chi connectivity index (χ2n) is 8.69. The fourth-order valence-electron chi connectivity index (χ4n) is 5.36. The molecule has 0 aliphatic carbocycles. The molecule has 8 heteroatoms. The highest BCUT2D eigenvalue weighted by molar-refractivity contribution is 7.13. The molecule has 0 saturated heterocycles. The lowest BCUT2D eigenvalue weighted by Gasteiger charge is -2.32. The summed E-state index contributed by atoms with van der Waals surface area (Å²) in [6.45, 7) is 0.284. The van der Waals surface area contributed by atoms with Crippen LogP contribution in [0.2, 0.25) is 0 Å². The maximum Gasteiger partial charge on any atom is 0.297 e. The average molecular weight is 492 g/mol. The molecule has 174 valence electrons. The Morgan fingerprint density at radius 2 is 1.64 bits per heavy atom. The minimum absolute atomic E-state index is 0.0365. The number of nitrogens with zero attached hydrogens (tertiary/aromatic N) is 3. The van der Waals surface area contributed by atoms with Gasteiger partial charge in [0.2, 0.25) is 5.76 Å². The zero-order valence-corrected chi connectivity index (χ0v) is 19.6. The Kier molecular flexibility index (Phi) is 4.31. The number of para-hydroxylation sites is 2.